The zero-order chi connectivity index (χ0) is 22.4. The second-order valence-corrected chi connectivity index (χ2v) is 9.43. The summed E-state index contributed by atoms with van der Waals surface area (Å²) in [5, 5.41) is 0. The van der Waals surface area contributed by atoms with Crippen LogP contribution < -0.4 is 0 Å². The summed E-state index contributed by atoms with van der Waals surface area (Å²) >= 11 is 0. The molecule has 2 aliphatic rings. The zero-order valence-corrected chi connectivity index (χ0v) is 18.8. The van der Waals surface area contributed by atoms with E-state index in [0.29, 0.717) is 51.9 Å². The molecule has 7 nitrogen and oxygen atoms in total. The van der Waals surface area contributed by atoms with Gasteiger partial charge in [-0.2, -0.15) is 0 Å². The van der Waals surface area contributed by atoms with Crippen LogP contribution in [-0.2, 0) is 25.7 Å². The van der Waals surface area contributed by atoms with E-state index < -0.39 is 5.60 Å². The van der Waals surface area contributed by atoms with Crippen molar-refractivity contribution in [3.8, 4) is 0 Å². The normalized spacial score (nSPS) is 22.0. The van der Waals surface area contributed by atoms with Crippen LogP contribution in [0.1, 0.15) is 52.0 Å². The molecule has 0 radical (unpaired) electrons. The minimum Gasteiger partial charge on any atom is -0.460 e. The summed E-state index contributed by atoms with van der Waals surface area (Å²) in [6.45, 7) is 7.86. The number of nitrogens with zero attached hydrogens (tertiary/aromatic N) is 2. The van der Waals surface area contributed by atoms with E-state index in [2.05, 4.69) is 0 Å². The van der Waals surface area contributed by atoms with Gasteiger partial charge in [0.25, 0.3) is 0 Å². The highest BCUT2D eigenvalue weighted by molar-refractivity contribution is 5.80. The van der Waals surface area contributed by atoms with Gasteiger partial charge in [-0.15, -0.1) is 0 Å². The minimum absolute atomic E-state index is 0.0460. The van der Waals surface area contributed by atoms with Crippen LogP contribution in [0.5, 0.6) is 0 Å². The average Bonchev–Trinajstić information content (AvgIpc) is 2.77. The van der Waals surface area contributed by atoms with Crippen LogP contribution in [0.15, 0.2) is 30.3 Å². The van der Waals surface area contributed by atoms with Gasteiger partial charge in [0.1, 0.15) is 12.2 Å². The molecule has 0 N–H and O–H groups in total. The fourth-order valence-electron chi connectivity index (χ4n) is 4.14. The lowest BCUT2D eigenvalue weighted by Crippen LogP contribution is -2.52. The Morgan fingerprint density at radius 2 is 1.42 bits per heavy atom. The molecule has 0 atom stereocenters. The molecule has 170 valence electrons. The number of carbonyl (C=O) groups excluding carboxylic acids is 3. The van der Waals surface area contributed by atoms with Crippen molar-refractivity contribution < 1.29 is 23.9 Å². The second kappa shape index (κ2) is 10.2. The van der Waals surface area contributed by atoms with Gasteiger partial charge < -0.3 is 19.3 Å². The SMILES string of the molecule is CC(C)(C)OC(=O)C1CCC(C(=O)N2CCN(C(=O)OCc3ccccc3)CC2)CC1. The van der Waals surface area contributed by atoms with Gasteiger partial charge in [0, 0.05) is 32.1 Å². The standard InChI is InChI=1S/C24H34N2O5/c1-24(2,3)31-22(28)20-11-9-19(10-12-20)21(27)25-13-15-26(16-14-25)23(29)30-17-18-7-5-4-6-8-18/h4-8,19-20H,9-17H2,1-3H3. The Morgan fingerprint density at radius 1 is 0.871 bits per heavy atom. The lowest BCUT2D eigenvalue weighted by molar-refractivity contribution is -0.162. The molecule has 3 rings (SSSR count). The van der Waals surface area contributed by atoms with Crippen molar-refractivity contribution in [3.05, 3.63) is 35.9 Å². The fourth-order valence-corrected chi connectivity index (χ4v) is 4.14. The maximum Gasteiger partial charge on any atom is 0.410 e. The third kappa shape index (κ3) is 6.71. The smallest absolute Gasteiger partial charge is 0.410 e. The minimum atomic E-state index is -0.480. The van der Waals surface area contributed by atoms with Crippen molar-refractivity contribution in [1.29, 1.82) is 0 Å². The van der Waals surface area contributed by atoms with E-state index in [1.807, 2.05) is 56.0 Å². The van der Waals surface area contributed by atoms with Crippen molar-refractivity contribution >= 4 is 18.0 Å². The molecule has 1 aliphatic heterocycles. The molecule has 2 fully saturated rings. The molecule has 1 saturated carbocycles. The van der Waals surface area contributed by atoms with Gasteiger partial charge in [-0.05, 0) is 52.0 Å². The Hall–Kier alpha value is -2.57. The second-order valence-electron chi connectivity index (χ2n) is 9.43. The summed E-state index contributed by atoms with van der Waals surface area (Å²) in [6.07, 6.45) is 2.46. The first-order chi connectivity index (χ1) is 14.7. The number of piperazine rings is 1. The van der Waals surface area contributed by atoms with Crippen molar-refractivity contribution in [2.75, 3.05) is 26.2 Å². The van der Waals surface area contributed by atoms with Crippen molar-refractivity contribution in [1.82, 2.24) is 9.80 Å². The molecule has 1 heterocycles. The summed E-state index contributed by atoms with van der Waals surface area (Å²) in [7, 11) is 0. The Kier molecular flexibility index (Phi) is 7.57. The number of esters is 1. The van der Waals surface area contributed by atoms with Crippen molar-refractivity contribution in [3.63, 3.8) is 0 Å². The maximum absolute atomic E-state index is 12.9. The Balaban J connectivity index is 1.39. The van der Waals surface area contributed by atoms with E-state index >= 15 is 0 Å². The first-order valence-electron chi connectivity index (χ1n) is 11.2. The summed E-state index contributed by atoms with van der Waals surface area (Å²) < 4.78 is 10.9. The van der Waals surface area contributed by atoms with Crippen LogP contribution in [0.2, 0.25) is 0 Å². The molecular weight excluding hydrogens is 396 g/mol. The molecule has 7 heteroatoms. The van der Waals surface area contributed by atoms with Crippen molar-refractivity contribution in [2.45, 2.75) is 58.7 Å². The lowest BCUT2D eigenvalue weighted by atomic mass is 9.81. The zero-order valence-electron chi connectivity index (χ0n) is 18.8. The summed E-state index contributed by atoms with van der Waals surface area (Å²) in [4.78, 5) is 41.0. The monoisotopic (exact) mass is 430 g/mol. The van der Waals surface area contributed by atoms with Crippen LogP contribution in [0.25, 0.3) is 0 Å². The predicted molar refractivity (Wildman–Crippen MR) is 116 cm³/mol. The van der Waals surface area contributed by atoms with E-state index in [0.717, 1.165) is 5.56 Å². The van der Waals surface area contributed by atoms with Gasteiger partial charge in [-0.1, -0.05) is 30.3 Å². The molecule has 31 heavy (non-hydrogen) atoms. The quantitative estimate of drug-likeness (QED) is 0.682. The van der Waals surface area contributed by atoms with E-state index in [4.69, 9.17) is 9.47 Å². The number of hydrogen-bond donors (Lipinski definition) is 0. The maximum atomic E-state index is 12.9. The van der Waals surface area contributed by atoms with Crippen LogP contribution >= 0.6 is 0 Å². The molecule has 0 aromatic heterocycles. The Bertz CT molecular complexity index is 758. The summed E-state index contributed by atoms with van der Waals surface area (Å²) in [6, 6.07) is 9.58. The highest BCUT2D eigenvalue weighted by atomic mass is 16.6. The molecule has 1 aromatic carbocycles. The topological polar surface area (TPSA) is 76.2 Å². The van der Waals surface area contributed by atoms with Gasteiger partial charge in [0.15, 0.2) is 0 Å². The third-order valence-corrected chi connectivity index (χ3v) is 5.87. The van der Waals surface area contributed by atoms with Crippen LogP contribution in [-0.4, -0.2) is 59.5 Å². The van der Waals surface area contributed by atoms with E-state index in [9.17, 15) is 14.4 Å². The number of ether oxygens (including phenoxy) is 2. The van der Waals surface area contributed by atoms with Gasteiger partial charge in [-0.25, -0.2) is 4.79 Å². The molecule has 0 unspecified atom stereocenters. The summed E-state index contributed by atoms with van der Waals surface area (Å²) in [5.41, 5.74) is 0.470. The Labute approximate surface area is 184 Å². The van der Waals surface area contributed by atoms with E-state index in [-0.39, 0.29) is 36.4 Å². The number of benzene rings is 1. The number of rotatable bonds is 4. The van der Waals surface area contributed by atoms with E-state index in [1.165, 1.54) is 0 Å². The number of hydrogen-bond acceptors (Lipinski definition) is 5. The molecule has 0 spiro atoms. The number of carbonyl (C=O) groups is 3. The highest BCUT2D eigenvalue weighted by Gasteiger charge is 2.35. The number of amides is 2. The molecule has 1 aliphatic carbocycles. The first kappa shape index (κ1) is 23.1. The van der Waals surface area contributed by atoms with Crippen LogP contribution in [0, 0.1) is 11.8 Å². The molecular formula is C24H34N2O5. The largest absolute Gasteiger partial charge is 0.460 e. The average molecular weight is 431 g/mol. The Morgan fingerprint density at radius 3 is 2.00 bits per heavy atom. The first-order valence-corrected chi connectivity index (χ1v) is 11.2. The van der Waals surface area contributed by atoms with Gasteiger partial charge in [-0.3, -0.25) is 9.59 Å². The van der Waals surface area contributed by atoms with Gasteiger partial charge in [0.05, 0.1) is 5.92 Å². The molecule has 2 amide bonds. The highest BCUT2D eigenvalue weighted by Crippen LogP contribution is 2.32. The lowest BCUT2D eigenvalue weighted by Gasteiger charge is -2.37. The molecule has 1 aromatic rings. The van der Waals surface area contributed by atoms with Crippen LogP contribution in [0.4, 0.5) is 4.79 Å². The van der Waals surface area contributed by atoms with Gasteiger partial charge in [0.2, 0.25) is 5.91 Å². The van der Waals surface area contributed by atoms with Gasteiger partial charge >= 0.3 is 12.1 Å². The third-order valence-electron chi connectivity index (χ3n) is 5.87. The predicted octanol–water partition coefficient (Wildman–Crippen LogP) is 3.62. The van der Waals surface area contributed by atoms with Crippen LogP contribution in [0.3, 0.4) is 0 Å². The fraction of sp³-hybridized carbons (Fsp3) is 0.625. The molecule has 0 bridgehead atoms. The van der Waals surface area contributed by atoms with Crippen molar-refractivity contribution in [2.24, 2.45) is 11.8 Å². The van der Waals surface area contributed by atoms with E-state index in [1.54, 1.807) is 4.90 Å². The summed E-state index contributed by atoms with van der Waals surface area (Å²) in [5.74, 6) is -0.171. The molecule has 1 saturated heterocycles.